The number of hydrogen-bond acceptors (Lipinski definition) is 7. The molecule has 0 radical (unpaired) electrons. The molecule has 0 spiro atoms. The van der Waals surface area contributed by atoms with Crippen molar-refractivity contribution in [2.24, 2.45) is 0 Å². The third-order valence-electron chi connectivity index (χ3n) is 5.45. The van der Waals surface area contributed by atoms with E-state index in [1.54, 1.807) is 13.3 Å². The number of benzene rings is 1. The van der Waals surface area contributed by atoms with E-state index in [0.29, 0.717) is 11.7 Å². The molecule has 1 aliphatic rings. The van der Waals surface area contributed by atoms with Crippen molar-refractivity contribution in [2.75, 3.05) is 45.7 Å². The van der Waals surface area contributed by atoms with Crippen LogP contribution in [0.5, 0.6) is 5.88 Å². The average molecular weight is 406 g/mol. The molecule has 156 valence electrons. The molecule has 3 heterocycles. The van der Waals surface area contributed by atoms with E-state index >= 15 is 0 Å². The number of piperazine rings is 1. The molecule has 1 saturated heterocycles. The lowest BCUT2D eigenvalue weighted by Crippen LogP contribution is -2.51. The van der Waals surface area contributed by atoms with Crippen LogP contribution in [0.4, 0.5) is 5.82 Å². The van der Waals surface area contributed by atoms with Crippen molar-refractivity contribution in [3.05, 3.63) is 42.9 Å². The van der Waals surface area contributed by atoms with Crippen molar-refractivity contribution in [1.82, 2.24) is 24.8 Å². The SMILES string of the molecule is COc1ccc(-c2ccc3ncnc(N[C@@H](C)C(=O)N4CCN(C)CC4)c3c2)cn1. The van der Waals surface area contributed by atoms with Gasteiger partial charge in [-0.05, 0) is 37.7 Å². The lowest BCUT2D eigenvalue weighted by Gasteiger charge is -2.34. The minimum Gasteiger partial charge on any atom is -0.481 e. The number of ether oxygens (including phenoxy) is 1. The van der Waals surface area contributed by atoms with Gasteiger partial charge < -0.3 is 19.9 Å². The van der Waals surface area contributed by atoms with Crippen LogP contribution in [0, 0.1) is 0 Å². The molecular weight excluding hydrogens is 380 g/mol. The maximum atomic E-state index is 12.9. The van der Waals surface area contributed by atoms with Gasteiger partial charge in [-0.15, -0.1) is 0 Å². The van der Waals surface area contributed by atoms with Gasteiger partial charge in [-0.1, -0.05) is 6.07 Å². The summed E-state index contributed by atoms with van der Waals surface area (Å²) in [7, 11) is 3.67. The van der Waals surface area contributed by atoms with Crippen molar-refractivity contribution in [3.8, 4) is 17.0 Å². The van der Waals surface area contributed by atoms with Gasteiger partial charge in [0.1, 0.15) is 18.2 Å². The fraction of sp³-hybridized carbons (Fsp3) is 0.364. The second-order valence-electron chi connectivity index (χ2n) is 7.54. The molecular formula is C22H26N6O2. The summed E-state index contributed by atoms with van der Waals surface area (Å²) >= 11 is 0. The zero-order valence-corrected chi connectivity index (χ0v) is 17.5. The summed E-state index contributed by atoms with van der Waals surface area (Å²) in [6, 6.07) is 9.39. The Kier molecular flexibility index (Phi) is 5.76. The first-order valence-electron chi connectivity index (χ1n) is 10.0. The molecule has 0 saturated carbocycles. The number of pyridine rings is 1. The summed E-state index contributed by atoms with van der Waals surface area (Å²) in [6.07, 6.45) is 3.29. The highest BCUT2D eigenvalue weighted by Gasteiger charge is 2.24. The summed E-state index contributed by atoms with van der Waals surface area (Å²) in [5.74, 6) is 1.31. The second kappa shape index (κ2) is 8.62. The summed E-state index contributed by atoms with van der Waals surface area (Å²) in [6.45, 7) is 5.18. The molecule has 1 aromatic carbocycles. The van der Waals surface area contributed by atoms with E-state index in [1.165, 1.54) is 6.33 Å². The van der Waals surface area contributed by atoms with Gasteiger partial charge in [0.15, 0.2) is 0 Å². The van der Waals surface area contributed by atoms with E-state index in [4.69, 9.17) is 4.74 Å². The molecule has 3 aromatic rings. The van der Waals surface area contributed by atoms with Crippen LogP contribution in [0.25, 0.3) is 22.0 Å². The normalized spacial score (nSPS) is 15.8. The van der Waals surface area contributed by atoms with Crippen LogP contribution in [0.1, 0.15) is 6.92 Å². The number of methoxy groups -OCH3 is 1. The number of nitrogens with zero attached hydrogens (tertiary/aromatic N) is 5. The largest absolute Gasteiger partial charge is 0.481 e. The highest BCUT2D eigenvalue weighted by atomic mass is 16.5. The molecule has 1 aliphatic heterocycles. The first-order valence-corrected chi connectivity index (χ1v) is 10.0. The summed E-state index contributed by atoms with van der Waals surface area (Å²) in [5.41, 5.74) is 2.78. The van der Waals surface area contributed by atoms with E-state index in [2.05, 4.69) is 32.2 Å². The number of carbonyl (C=O) groups excluding carboxylic acids is 1. The van der Waals surface area contributed by atoms with Gasteiger partial charge in [-0.2, -0.15) is 0 Å². The Labute approximate surface area is 175 Å². The van der Waals surface area contributed by atoms with Gasteiger partial charge in [0.05, 0.1) is 12.6 Å². The molecule has 0 bridgehead atoms. The van der Waals surface area contributed by atoms with Gasteiger partial charge in [-0.25, -0.2) is 15.0 Å². The van der Waals surface area contributed by atoms with Gasteiger partial charge in [0, 0.05) is 49.4 Å². The number of amides is 1. The lowest BCUT2D eigenvalue weighted by molar-refractivity contribution is -0.133. The Morgan fingerprint density at radius 2 is 1.83 bits per heavy atom. The number of aromatic nitrogens is 3. The Balaban J connectivity index is 1.58. The first-order chi connectivity index (χ1) is 14.5. The molecule has 30 heavy (non-hydrogen) atoms. The Hall–Kier alpha value is -3.26. The molecule has 1 atom stereocenters. The second-order valence-corrected chi connectivity index (χ2v) is 7.54. The van der Waals surface area contributed by atoms with E-state index in [9.17, 15) is 4.79 Å². The van der Waals surface area contributed by atoms with Gasteiger partial charge in [-0.3, -0.25) is 4.79 Å². The fourth-order valence-corrected chi connectivity index (χ4v) is 3.59. The number of hydrogen-bond donors (Lipinski definition) is 1. The van der Waals surface area contributed by atoms with Gasteiger partial charge in [0.2, 0.25) is 11.8 Å². The molecule has 0 unspecified atom stereocenters. The average Bonchev–Trinajstić information content (AvgIpc) is 2.79. The van der Waals surface area contributed by atoms with Crippen molar-refractivity contribution in [3.63, 3.8) is 0 Å². The van der Waals surface area contributed by atoms with Crippen LogP contribution in [0.2, 0.25) is 0 Å². The number of likely N-dealkylation sites (N-methyl/N-ethyl adjacent to an activating group) is 1. The van der Waals surface area contributed by atoms with Crippen LogP contribution in [0.15, 0.2) is 42.9 Å². The minimum atomic E-state index is -0.377. The zero-order valence-electron chi connectivity index (χ0n) is 17.5. The van der Waals surface area contributed by atoms with Crippen LogP contribution in [0.3, 0.4) is 0 Å². The van der Waals surface area contributed by atoms with Crippen LogP contribution < -0.4 is 10.1 Å². The summed E-state index contributed by atoms with van der Waals surface area (Å²) in [5, 5.41) is 4.16. The first kappa shape index (κ1) is 20.0. The summed E-state index contributed by atoms with van der Waals surface area (Å²) in [4.78, 5) is 30.1. The van der Waals surface area contributed by atoms with Crippen molar-refractivity contribution in [2.45, 2.75) is 13.0 Å². The third kappa shape index (κ3) is 4.18. The number of rotatable bonds is 5. The van der Waals surface area contributed by atoms with E-state index < -0.39 is 0 Å². The van der Waals surface area contributed by atoms with Crippen molar-refractivity contribution >= 4 is 22.6 Å². The molecule has 1 N–H and O–H groups in total. The van der Waals surface area contributed by atoms with Gasteiger partial charge >= 0.3 is 0 Å². The van der Waals surface area contributed by atoms with Crippen molar-refractivity contribution < 1.29 is 9.53 Å². The predicted octanol–water partition coefficient (Wildman–Crippen LogP) is 2.27. The molecule has 0 aliphatic carbocycles. The summed E-state index contributed by atoms with van der Waals surface area (Å²) < 4.78 is 5.14. The Morgan fingerprint density at radius 1 is 1.07 bits per heavy atom. The minimum absolute atomic E-state index is 0.0883. The number of fused-ring (bicyclic) bond motifs is 1. The van der Waals surface area contributed by atoms with Gasteiger partial charge in [0.25, 0.3) is 0 Å². The molecule has 1 fully saturated rings. The number of carbonyl (C=O) groups is 1. The molecule has 1 amide bonds. The quantitative estimate of drug-likeness (QED) is 0.696. The van der Waals surface area contributed by atoms with Crippen LogP contribution >= 0.6 is 0 Å². The zero-order chi connectivity index (χ0) is 21.1. The standard InChI is InChI=1S/C22H26N6O2/c1-15(22(29)28-10-8-27(2)9-11-28)26-21-18-12-16(4-6-19(18)24-14-25-21)17-5-7-20(30-3)23-13-17/h4-7,12-15H,8-11H2,1-3H3,(H,24,25,26)/t15-/m0/s1. The van der Waals surface area contributed by atoms with Crippen molar-refractivity contribution in [1.29, 1.82) is 0 Å². The fourth-order valence-electron chi connectivity index (χ4n) is 3.59. The Bertz CT molecular complexity index is 1030. The predicted molar refractivity (Wildman–Crippen MR) is 116 cm³/mol. The Morgan fingerprint density at radius 3 is 2.53 bits per heavy atom. The van der Waals surface area contributed by atoms with Crippen LogP contribution in [-0.2, 0) is 4.79 Å². The highest BCUT2D eigenvalue weighted by molar-refractivity contribution is 5.94. The monoisotopic (exact) mass is 406 g/mol. The number of nitrogens with one attached hydrogen (secondary N) is 1. The van der Waals surface area contributed by atoms with E-state index in [0.717, 1.165) is 48.2 Å². The number of anilines is 1. The molecule has 4 rings (SSSR count). The molecule has 8 heteroatoms. The highest BCUT2D eigenvalue weighted by Crippen LogP contribution is 2.27. The van der Waals surface area contributed by atoms with Crippen LogP contribution in [-0.4, -0.2) is 77.0 Å². The smallest absolute Gasteiger partial charge is 0.244 e. The third-order valence-corrected chi connectivity index (χ3v) is 5.45. The maximum Gasteiger partial charge on any atom is 0.244 e. The van der Waals surface area contributed by atoms with E-state index in [-0.39, 0.29) is 11.9 Å². The molecule has 2 aromatic heterocycles. The molecule has 8 nitrogen and oxygen atoms in total. The topological polar surface area (TPSA) is 83.5 Å². The maximum absolute atomic E-state index is 12.9. The lowest BCUT2D eigenvalue weighted by atomic mass is 10.0. The van der Waals surface area contributed by atoms with E-state index in [1.807, 2.05) is 42.2 Å².